The van der Waals surface area contributed by atoms with Crippen LogP contribution >= 0.6 is 0 Å². The third-order valence-electron chi connectivity index (χ3n) is 5.26. The largest absolute Gasteiger partial charge is 0.496 e. The summed E-state index contributed by atoms with van der Waals surface area (Å²) in [6.45, 7) is 0.154. The van der Waals surface area contributed by atoms with Crippen molar-refractivity contribution in [1.29, 1.82) is 0 Å². The lowest BCUT2D eigenvalue weighted by molar-refractivity contribution is 0.407. The standard InChI is InChI=1S/C24H17F2N5O2/c1-33-20-5-3-2-4-17(20)14-30-24(32)31-22(16-8-12-19(26)13-9-16)21(27-28-23(31)29-30)15-6-10-18(25)11-7-15/h2-13H,14H2,1H3. The van der Waals surface area contributed by atoms with Crippen LogP contribution in [0, 0.1) is 11.6 Å². The van der Waals surface area contributed by atoms with Gasteiger partial charge in [-0.15, -0.1) is 15.3 Å². The number of halogens is 2. The summed E-state index contributed by atoms with van der Waals surface area (Å²) in [5, 5.41) is 12.7. The SMILES string of the molecule is COc1ccccc1Cn1nc2nnc(-c3ccc(F)cc3)c(-c3ccc(F)cc3)n2c1=O. The summed E-state index contributed by atoms with van der Waals surface area (Å²) in [7, 11) is 1.55. The van der Waals surface area contributed by atoms with Gasteiger partial charge in [0.05, 0.1) is 19.3 Å². The fourth-order valence-electron chi connectivity index (χ4n) is 3.68. The molecule has 0 spiro atoms. The highest BCUT2D eigenvalue weighted by atomic mass is 19.1. The first kappa shape index (κ1) is 20.5. The lowest BCUT2D eigenvalue weighted by Gasteiger charge is -2.10. The van der Waals surface area contributed by atoms with Crippen LogP contribution in [0.2, 0.25) is 0 Å². The molecular weight excluding hydrogens is 428 g/mol. The maximum atomic E-state index is 13.6. The predicted octanol–water partition coefficient (Wildman–Crippen LogP) is 3.96. The van der Waals surface area contributed by atoms with Gasteiger partial charge in [-0.25, -0.2) is 22.7 Å². The Morgan fingerprint density at radius 1 is 0.848 bits per heavy atom. The number of para-hydroxylation sites is 1. The van der Waals surface area contributed by atoms with Crippen LogP contribution in [0.25, 0.3) is 28.3 Å². The van der Waals surface area contributed by atoms with E-state index in [9.17, 15) is 13.6 Å². The maximum Gasteiger partial charge on any atom is 0.352 e. The monoisotopic (exact) mass is 445 g/mol. The van der Waals surface area contributed by atoms with Crippen molar-refractivity contribution < 1.29 is 13.5 Å². The summed E-state index contributed by atoms with van der Waals surface area (Å²) in [6, 6.07) is 18.7. The highest BCUT2D eigenvalue weighted by Crippen LogP contribution is 2.30. The van der Waals surface area contributed by atoms with Crippen molar-refractivity contribution in [3.63, 3.8) is 0 Å². The molecular formula is C24H17F2N5O2. The van der Waals surface area contributed by atoms with E-state index in [1.807, 2.05) is 18.2 Å². The normalized spacial score (nSPS) is 11.1. The van der Waals surface area contributed by atoms with Gasteiger partial charge in [0.2, 0.25) is 0 Å². The molecule has 164 valence electrons. The average Bonchev–Trinajstić information content (AvgIpc) is 3.15. The molecule has 0 bridgehead atoms. The van der Waals surface area contributed by atoms with Gasteiger partial charge in [-0.1, -0.05) is 18.2 Å². The van der Waals surface area contributed by atoms with E-state index in [0.29, 0.717) is 28.3 Å². The maximum absolute atomic E-state index is 13.6. The zero-order valence-electron chi connectivity index (χ0n) is 17.4. The molecule has 0 amide bonds. The number of hydrogen-bond donors (Lipinski definition) is 0. The summed E-state index contributed by atoms with van der Waals surface area (Å²) in [5.41, 5.74) is 2.12. The molecule has 0 saturated heterocycles. The highest BCUT2D eigenvalue weighted by Gasteiger charge is 2.20. The molecule has 0 saturated carbocycles. The number of hydrogen-bond acceptors (Lipinski definition) is 5. The van der Waals surface area contributed by atoms with Crippen LogP contribution in [0.15, 0.2) is 77.6 Å². The van der Waals surface area contributed by atoms with Crippen LogP contribution in [0.4, 0.5) is 8.78 Å². The van der Waals surface area contributed by atoms with Gasteiger partial charge in [-0.2, -0.15) is 0 Å². The van der Waals surface area contributed by atoms with Gasteiger partial charge in [-0.05, 0) is 54.6 Å². The molecule has 33 heavy (non-hydrogen) atoms. The second-order valence-corrected chi connectivity index (χ2v) is 7.30. The van der Waals surface area contributed by atoms with Crippen molar-refractivity contribution in [2.45, 2.75) is 6.54 Å². The molecule has 2 heterocycles. The predicted molar refractivity (Wildman–Crippen MR) is 118 cm³/mol. The molecule has 0 N–H and O–H groups in total. The number of ether oxygens (including phenoxy) is 1. The van der Waals surface area contributed by atoms with Gasteiger partial charge in [0, 0.05) is 16.7 Å². The summed E-state index contributed by atoms with van der Waals surface area (Å²) in [5.74, 6) is -0.115. The fourth-order valence-corrected chi connectivity index (χ4v) is 3.68. The molecule has 7 nitrogen and oxygen atoms in total. The molecule has 0 radical (unpaired) electrons. The molecule has 0 aliphatic rings. The summed E-state index contributed by atoms with van der Waals surface area (Å²) in [4.78, 5) is 13.5. The van der Waals surface area contributed by atoms with Crippen LogP contribution in [0.1, 0.15) is 5.56 Å². The molecule has 0 aliphatic carbocycles. The van der Waals surface area contributed by atoms with E-state index < -0.39 is 17.3 Å². The van der Waals surface area contributed by atoms with E-state index in [0.717, 1.165) is 5.56 Å². The Morgan fingerprint density at radius 2 is 1.48 bits per heavy atom. The van der Waals surface area contributed by atoms with E-state index in [4.69, 9.17) is 4.74 Å². The summed E-state index contributed by atoms with van der Waals surface area (Å²) >= 11 is 0. The zero-order valence-corrected chi connectivity index (χ0v) is 17.4. The first-order valence-electron chi connectivity index (χ1n) is 10.0. The second-order valence-electron chi connectivity index (χ2n) is 7.30. The van der Waals surface area contributed by atoms with E-state index >= 15 is 0 Å². The topological polar surface area (TPSA) is 74.3 Å². The van der Waals surface area contributed by atoms with Crippen molar-refractivity contribution in [3.05, 3.63) is 100 Å². The van der Waals surface area contributed by atoms with Crippen LogP contribution in [0.5, 0.6) is 5.75 Å². The van der Waals surface area contributed by atoms with Crippen LogP contribution in [-0.2, 0) is 6.54 Å². The second kappa shape index (κ2) is 8.27. The first-order chi connectivity index (χ1) is 16.0. The molecule has 5 aromatic rings. The minimum atomic E-state index is -0.450. The Bertz CT molecular complexity index is 1510. The third-order valence-corrected chi connectivity index (χ3v) is 5.26. The zero-order chi connectivity index (χ0) is 22.9. The number of methoxy groups -OCH3 is 1. The molecule has 0 aliphatic heterocycles. The van der Waals surface area contributed by atoms with Crippen molar-refractivity contribution >= 4 is 5.78 Å². The lowest BCUT2D eigenvalue weighted by Crippen LogP contribution is -2.23. The average molecular weight is 445 g/mol. The molecule has 0 atom stereocenters. The highest BCUT2D eigenvalue weighted by molar-refractivity contribution is 5.79. The molecule has 9 heteroatoms. The van der Waals surface area contributed by atoms with E-state index in [1.54, 1.807) is 37.4 Å². The molecule has 2 aromatic heterocycles. The van der Waals surface area contributed by atoms with Gasteiger partial charge in [0.25, 0.3) is 5.78 Å². The molecule has 0 unspecified atom stereocenters. The smallest absolute Gasteiger partial charge is 0.352 e. The van der Waals surface area contributed by atoms with E-state index in [-0.39, 0.29) is 12.3 Å². The van der Waals surface area contributed by atoms with Crippen molar-refractivity contribution in [3.8, 4) is 28.3 Å². The fraction of sp³-hybridized carbons (Fsp3) is 0.0833. The lowest BCUT2D eigenvalue weighted by atomic mass is 10.0. The quantitative estimate of drug-likeness (QED) is 0.410. The van der Waals surface area contributed by atoms with Crippen LogP contribution in [0.3, 0.4) is 0 Å². The number of aromatic nitrogens is 5. The molecule has 5 rings (SSSR count). The van der Waals surface area contributed by atoms with Crippen LogP contribution in [-0.4, -0.2) is 31.5 Å². The molecule has 0 fully saturated rings. The van der Waals surface area contributed by atoms with E-state index in [2.05, 4.69) is 15.3 Å². The summed E-state index contributed by atoms with van der Waals surface area (Å²) < 4.78 is 35.1. The Balaban J connectivity index is 1.75. The number of benzene rings is 3. The minimum Gasteiger partial charge on any atom is -0.496 e. The number of fused-ring (bicyclic) bond motifs is 1. The minimum absolute atomic E-state index is 0.0834. The van der Waals surface area contributed by atoms with Gasteiger partial charge < -0.3 is 4.74 Å². The number of nitrogens with zero attached hydrogens (tertiary/aromatic N) is 5. The van der Waals surface area contributed by atoms with E-state index in [1.165, 1.54) is 33.3 Å². The summed E-state index contributed by atoms with van der Waals surface area (Å²) in [6.07, 6.45) is 0. The first-order valence-corrected chi connectivity index (χ1v) is 10.0. The van der Waals surface area contributed by atoms with Crippen molar-refractivity contribution in [2.24, 2.45) is 0 Å². The third kappa shape index (κ3) is 3.73. The van der Waals surface area contributed by atoms with Crippen molar-refractivity contribution in [1.82, 2.24) is 24.4 Å². The Kier molecular flexibility index (Phi) is 5.14. The Hall–Kier alpha value is -4.40. The van der Waals surface area contributed by atoms with Gasteiger partial charge in [-0.3, -0.25) is 0 Å². The van der Waals surface area contributed by atoms with Crippen molar-refractivity contribution in [2.75, 3.05) is 7.11 Å². The van der Waals surface area contributed by atoms with Gasteiger partial charge >= 0.3 is 5.69 Å². The Labute approximate surface area is 186 Å². The molecule has 3 aromatic carbocycles. The Morgan fingerprint density at radius 3 is 2.15 bits per heavy atom. The van der Waals surface area contributed by atoms with Gasteiger partial charge in [0.15, 0.2) is 0 Å². The van der Waals surface area contributed by atoms with Gasteiger partial charge in [0.1, 0.15) is 23.1 Å². The number of rotatable bonds is 5. The van der Waals surface area contributed by atoms with Crippen LogP contribution < -0.4 is 10.4 Å².